The molecule has 3 aromatic rings. The van der Waals surface area contributed by atoms with E-state index in [1.165, 1.54) is 24.1 Å². The Labute approximate surface area is 174 Å². The first-order chi connectivity index (χ1) is 14.3. The molecule has 0 saturated heterocycles. The van der Waals surface area contributed by atoms with Gasteiger partial charge in [0.25, 0.3) is 5.91 Å². The van der Waals surface area contributed by atoms with Gasteiger partial charge in [0.05, 0.1) is 6.54 Å². The molecule has 0 atom stereocenters. The van der Waals surface area contributed by atoms with E-state index in [0.29, 0.717) is 12.2 Å². The molecule has 0 unspecified atom stereocenters. The topological polar surface area (TPSA) is 63.1 Å². The van der Waals surface area contributed by atoms with Crippen molar-refractivity contribution in [3.63, 3.8) is 0 Å². The van der Waals surface area contributed by atoms with E-state index in [9.17, 15) is 4.79 Å². The van der Waals surface area contributed by atoms with Crippen molar-refractivity contribution in [2.75, 3.05) is 6.54 Å². The number of benzene rings is 1. The van der Waals surface area contributed by atoms with Crippen molar-refractivity contribution in [1.29, 1.82) is 0 Å². The van der Waals surface area contributed by atoms with E-state index in [1.54, 1.807) is 17.5 Å². The van der Waals surface area contributed by atoms with Gasteiger partial charge in [-0.3, -0.25) is 14.4 Å². The zero-order valence-electron chi connectivity index (χ0n) is 16.4. The summed E-state index contributed by atoms with van der Waals surface area (Å²) in [5.41, 5.74) is 4.25. The molecule has 7 heteroatoms. The molecule has 5 rings (SSSR count). The Morgan fingerprint density at radius 3 is 2.86 bits per heavy atom. The van der Waals surface area contributed by atoms with E-state index in [-0.39, 0.29) is 5.91 Å². The first-order valence-corrected chi connectivity index (χ1v) is 11.2. The minimum absolute atomic E-state index is 0.0902. The van der Waals surface area contributed by atoms with Crippen LogP contribution in [0.15, 0.2) is 41.9 Å². The molecule has 3 heterocycles. The Morgan fingerprint density at radius 2 is 2.10 bits per heavy atom. The Morgan fingerprint density at radius 1 is 1.24 bits per heavy atom. The van der Waals surface area contributed by atoms with E-state index < -0.39 is 0 Å². The van der Waals surface area contributed by atoms with Crippen LogP contribution in [0.2, 0.25) is 0 Å². The van der Waals surface area contributed by atoms with E-state index in [4.69, 9.17) is 5.10 Å². The maximum absolute atomic E-state index is 13.0. The lowest BCUT2D eigenvalue weighted by Gasteiger charge is -2.27. The Kier molecular flexibility index (Phi) is 5.16. The van der Waals surface area contributed by atoms with Crippen molar-refractivity contribution in [3.05, 3.63) is 69.4 Å². The van der Waals surface area contributed by atoms with Crippen molar-refractivity contribution in [3.8, 4) is 0 Å². The average molecular weight is 408 g/mol. The van der Waals surface area contributed by atoms with Gasteiger partial charge in [-0.15, -0.1) is 11.3 Å². The Balaban J connectivity index is 1.36. The standard InChI is InChI=1S/C22H25N5OS/c28-22(24-12-20-23-9-11-29-20)21-18-15-26(13-16-4-2-1-3-5-16)10-8-19(18)27(25-21)14-17-6-7-17/h1-5,9,11,17H,6-8,10,12-15H2,(H,24,28). The summed E-state index contributed by atoms with van der Waals surface area (Å²) in [6, 6.07) is 10.5. The van der Waals surface area contributed by atoms with Gasteiger partial charge in [-0.05, 0) is 24.3 Å². The number of thiazole rings is 1. The lowest BCUT2D eigenvalue weighted by molar-refractivity contribution is 0.0942. The number of carbonyl (C=O) groups excluding carboxylic acids is 1. The van der Waals surface area contributed by atoms with Crippen LogP contribution >= 0.6 is 11.3 Å². The summed E-state index contributed by atoms with van der Waals surface area (Å²) < 4.78 is 2.12. The van der Waals surface area contributed by atoms with Crippen molar-refractivity contribution in [2.24, 2.45) is 5.92 Å². The molecule has 0 bridgehead atoms. The summed E-state index contributed by atoms with van der Waals surface area (Å²) in [6.07, 6.45) is 5.27. The highest BCUT2D eigenvalue weighted by molar-refractivity contribution is 7.09. The third-order valence-corrected chi connectivity index (χ3v) is 6.47. The van der Waals surface area contributed by atoms with E-state index in [0.717, 1.165) is 49.1 Å². The lowest BCUT2D eigenvalue weighted by Crippen LogP contribution is -2.32. The molecule has 29 heavy (non-hydrogen) atoms. The predicted octanol–water partition coefficient (Wildman–Crippen LogP) is 3.24. The van der Waals surface area contributed by atoms with Crippen LogP contribution in [0, 0.1) is 5.92 Å². The zero-order valence-corrected chi connectivity index (χ0v) is 17.2. The van der Waals surface area contributed by atoms with Gasteiger partial charge in [0.1, 0.15) is 5.01 Å². The molecule has 6 nitrogen and oxygen atoms in total. The summed E-state index contributed by atoms with van der Waals surface area (Å²) in [6.45, 7) is 4.07. The maximum Gasteiger partial charge on any atom is 0.272 e. The van der Waals surface area contributed by atoms with Crippen LogP contribution in [0.25, 0.3) is 0 Å². The van der Waals surface area contributed by atoms with Crippen LogP contribution in [-0.2, 0) is 32.6 Å². The number of fused-ring (bicyclic) bond motifs is 1. The zero-order chi connectivity index (χ0) is 19.6. The van der Waals surface area contributed by atoms with Crippen molar-refractivity contribution < 1.29 is 4.79 Å². The molecule has 0 radical (unpaired) electrons. The summed E-state index contributed by atoms with van der Waals surface area (Å²) in [4.78, 5) is 19.6. The fourth-order valence-electron chi connectivity index (χ4n) is 3.98. The largest absolute Gasteiger partial charge is 0.344 e. The number of hydrogen-bond donors (Lipinski definition) is 1. The molecule has 1 amide bonds. The second-order valence-corrected chi connectivity index (χ2v) is 8.93. The van der Waals surface area contributed by atoms with Crippen molar-refractivity contribution in [1.82, 2.24) is 25.0 Å². The quantitative estimate of drug-likeness (QED) is 0.653. The third-order valence-electron chi connectivity index (χ3n) is 5.69. The van der Waals surface area contributed by atoms with E-state index in [1.807, 2.05) is 11.4 Å². The molecular formula is C22H25N5OS. The highest BCUT2D eigenvalue weighted by Crippen LogP contribution is 2.33. The highest BCUT2D eigenvalue weighted by Gasteiger charge is 2.31. The molecule has 1 aromatic carbocycles. The summed E-state index contributed by atoms with van der Waals surface area (Å²) >= 11 is 1.55. The fraction of sp³-hybridized carbons (Fsp3) is 0.409. The second kappa shape index (κ2) is 8.08. The minimum atomic E-state index is -0.0902. The number of nitrogens with one attached hydrogen (secondary N) is 1. The third kappa shape index (κ3) is 4.26. The summed E-state index contributed by atoms with van der Waals surface area (Å²) in [5, 5.41) is 10.6. The minimum Gasteiger partial charge on any atom is -0.344 e. The Hall–Kier alpha value is -2.51. The summed E-state index contributed by atoms with van der Waals surface area (Å²) in [7, 11) is 0. The summed E-state index contributed by atoms with van der Waals surface area (Å²) in [5.74, 6) is 0.639. The van der Waals surface area contributed by atoms with E-state index >= 15 is 0 Å². The SMILES string of the molecule is O=C(NCc1nccs1)c1nn(CC2CC2)c2c1CN(Cc1ccccc1)CC2. The number of aromatic nitrogens is 3. The van der Waals surface area contributed by atoms with Crippen molar-refractivity contribution >= 4 is 17.2 Å². The number of rotatable bonds is 7. The van der Waals surface area contributed by atoms with Crippen LogP contribution in [-0.4, -0.2) is 32.1 Å². The first-order valence-electron chi connectivity index (χ1n) is 10.3. The monoisotopic (exact) mass is 407 g/mol. The van der Waals surface area contributed by atoms with Gasteiger partial charge in [0.15, 0.2) is 5.69 Å². The van der Waals surface area contributed by atoms with Crippen molar-refractivity contribution in [2.45, 2.75) is 45.4 Å². The molecular weight excluding hydrogens is 382 g/mol. The molecule has 1 aliphatic carbocycles. The molecule has 2 aliphatic rings. The number of amides is 1. The molecule has 1 saturated carbocycles. The van der Waals surface area contributed by atoms with Crippen LogP contribution in [0.1, 0.15) is 45.2 Å². The van der Waals surface area contributed by atoms with Gasteiger partial charge in [-0.1, -0.05) is 30.3 Å². The number of hydrogen-bond acceptors (Lipinski definition) is 5. The van der Waals surface area contributed by atoms with Gasteiger partial charge >= 0.3 is 0 Å². The van der Waals surface area contributed by atoms with Crippen LogP contribution in [0.3, 0.4) is 0 Å². The van der Waals surface area contributed by atoms with Crippen LogP contribution in [0.4, 0.5) is 0 Å². The predicted molar refractivity (Wildman–Crippen MR) is 112 cm³/mol. The van der Waals surface area contributed by atoms with Crippen LogP contribution in [0.5, 0.6) is 0 Å². The normalized spacial score (nSPS) is 16.6. The average Bonchev–Trinajstić information content (AvgIpc) is 3.27. The molecule has 150 valence electrons. The van der Waals surface area contributed by atoms with Gasteiger partial charge in [0, 0.05) is 55.4 Å². The van der Waals surface area contributed by atoms with Gasteiger partial charge < -0.3 is 5.32 Å². The van der Waals surface area contributed by atoms with Crippen LogP contribution < -0.4 is 5.32 Å². The first kappa shape index (κ1) is 18.5. The van der Waals surface area contributed by atoms with Gasteiger partial charge in [-0.2, -0.15) is 5.10 Å². The highest BCUT2D eigenvalue weighted by atomic mass is 32.1. The molecule has 0 spiro atoms. The number of nitrogens with zero attached hydrogens (tertiary/aromatic N) is 4. The molecule has 2 aromatic heterocycles. The molecule has 1 aliphatic heterocycles. The smallest absolute Gasteiger partial charge is 0.272 e. The molecule has 1 N–H and O–H groups in total. The van der Waals surface area contributed by atoms with Gasteiger partial charge in [0.2, 0.25) is 0 Å². The lowest BCUT2D eigenvalue weighted by atomic mass is 10.0. The number of carbonyl (C=O) groups is 1. The van der Waals surface area contributed by atoms with Gasteiger partial charge in [-0.25, -0.2) is 4.98 Å². The fourth-order valence-corrected chi connectivity index (χ4v) is 4.54. The maximum atomic E-state index is 13.0. The second-order valence-electron chi connectivity index (χ2n) is 7.95. The Bertz CT molecular complexity index is 978. The molecule has 1 fully saturated rings. The van der Waals surface area contributed by atoms with E-state index in [2.05, 4.69) is 44.1 Å².